The number of rotatable bonds is 7. The van der Waals surface area contributed by atoms with Crippen molar-refractivity contribution < 1.29 is 13.9 Å². The molecule has 1 amide bonds. The lowest BCUT2D eigenvalue weighted by Gasteiger charge is -2.34. The largest absolute Gasteiger partial charge is 0.383 e. The number of tetrazole rings is 1. The molecular weight excluding hydrogens is 351 g/mol. The Hall–Kier alpha value is -2.39. The molecule has 0 bridgehead atoms. The van der Waals surface area contributed by atoms with Crippen LogP contribution in [-0.4, -0.2) is 76.8 Å². The maximum Gasteiger partial charge on any atom is 0.227 e. The standard InChI is InChI=1S/C18H25FN6O2/c1-23(2)18(17-20-21-22-25(17)10-11-27-3)8-9-24(13-18)16(26)12-14-6-4-5-7-15(14)19/h4-7H,8-13H2,1-3H3. The lowest BCUT2D eigenvalue weighted by Crippen LogP contribution is -2.47. The normalized spacial score (nSPS) is 19.8. The molecule has 9 heteroatoms. The SMILES string of the molecule is COCCn1nnnc1C1(N(C)C)CCN(C(=O)Cc2ccccc2F)C1. The minimum Gasteiger partial charge on any atom is -0.383 e. The Bertz CT molecular complexity index is 796. The van der Waals surface area contributed by atoms with Crippen LogP contribution in [0.4, 0.5) is 4.39 Å². The second-order valence-corrected chi connectivity index (χ2v) is 6.98. The van der Waals surface area contributed by atoms with Gasteiger partial charge < -0.3 is 9.64 Å². The lowest BCUT2D eigenvalue weighted by molar-refractivity contribution is -0.130. The number of hydrogen-bond acceptors (Lipinski definition) is 6. The molecule has 1 saturated heterocycles. The van der Waals surface area contributed by atoms with E-state index in [4.69, 9.17) is 4.74 Å². The molecule has 0 aliphatic carbocycles. The Labute approximate surface area is 157 Å². The molecule has 27 heavy (non-hydrogen) atoms. The maximum absolute atomic E-state index is 13.9. The van der Waals surface area contributed by atoms with Gasteiger partial charge in [-0.1, -0.05) is 18.2 Å². The summed E-state index contributed by atoms with van der Waals surface area (Å²) in [6, 6.07) is 6.38. The Kier molecular flexibility index (Phi) is 5.81. The van der Waals surface area contributed by atoms with Crippen molar-refractivity contribution in [2.24, 2.45) is 0 Å². The van der Waals surface area contributed by atoms with Gasteiger partial charge in [-0.05, 0) is 42.6 Å². The summed E-state index contributed by atoms with van der Waals surface area (Å²) in [5.74, 6) is 0.262. The smallest absolute Gasteiger partial charge is 0.227 e. The summed E-state index contributed by atoms with van der Waals surface area (Å²) in [4.78, 5) is 16.6. The first-order valence-electron chi connectivity index (χ1n) is 8.92. The zero-order valence-electron chi connectivity index (χ0n) is 15.9. The molecule has 1 fully saturated rings. The van der Waals surface area contributed by atoms with Crippen molar-refractivity contribution in [3.63, 3.8) is 0 Å². The Balaban J connectivity index is 1.79. The van der Waals surface area contributed by atoms with E-state index in [1.807, 2.05) is 14.1 Å². The van der Waals surface area contributed by atoms with Gasteiger partial charge >= 0.3 is 0 Å². The van der Waals surface area contributed by atoms with Gasteiger partial charge in [0.05, 0.1) is 19.6 Å². The van der Waals surface area contributed by atoms with E-state index in [2.05, 4.69) is 20.4 Å². The van der Waals surface area contributed by atoms with Crippen LogP contribution in [-0.2, 0) is 28.0 Å². The number of likely N-dealkylation sites (tertiary alicyclic amines) is 1. The summed E-state index contributed by atoms with van der Waals surface area (Å²) in [6.07, 6.45) is 0.751. The van der Waals surface area contributed by atoms with Crippen LogP contribution >= 0.6 is 0 Å². The molecule has 1 aliphatic rings. The first-order valence-corrected chi connectivity index (χ1v) is 8.92. The van der Waals surface area contributed by atoms with Crippen LogP contribution in [0, 0.1) is 5.82 Å². The highest BCUT2D eigenvalue weighted by molar-refractivity contribution is 5.79. The third-order valence-corrected chi connectivity index (χ3v) is 5.21. The van der Waals surface area contributed by atoms with Gasteiger partial charge in [-0.25, -0.2) is 9.07 Å². The van der Waals surface area contributed by atoms with Gasteiger partial charge in [-0.2, -0.15) is 0 Å². The van der Waals surface area contributed by atoms with E-state index in [0.717, 1.165) is 0 Å². The molecule has 2 heterocycles. The molecule has 0 radical (unpaired) electrons. The molecule has 1 aliphatic heterocycles. The molecule has 1 aromatic carbocycles. The van der Waals surface area contributed by atoms with Crippen LogP contribution in [0.25, 0.3) is 0 Å². The van der Waals surface area contributed by atoms with Crippen LogP contribution < -0.4 is 0 Å². The Morgan fingerprint density at radius 1 is 1.37 bits per heavy atom. The molecule has 146 valence electrons. The third-order valence-electron chi connectivity index (χ3n) is 5.21. The fourth-order valence-electron chi connectivity index (χ4n) is 3.54. The van der Waals surface area contributed by atoms with Crippen LogP contribution in [0.3, 0.4) is 0 Å². The van der Waals surface area contributed by atoms with Crippen molar-refractivity contribution in [1.29, 1.82) is 0 Å². The zero-order chi connectivity index (χ0) is 19.4. The topological polar surface area (TPSA) is 76.4 Å². The van der Waals surface area contributed by atoms with Gasteiger partial charge in [-0.3, -0.25) is 9.69 Å². The van der Waals surface area contributed by atoms with E-state index < -0.39 is 5.54 Å². The number of ether oxygens (including phenoxy) is 1. The van der Waals surface area contributed by atoms with Crippen molar-refractivity contribution in [3.8, 4) is 0 Å². The fraction of sp³-hybridized carbons (Fsp3) is 0.556. The minimum atomic E-state index is -0.484. The summed E-state index contributed by atoms with van der Waals surface area (Å²) in [6.45, 7) is 2.07. The molecule has 2 aromatic rings. The highest BCUT2D eigenvalue weighted by Crippen LogP contribution is 2.35. The highest BCUT2D eigenvalue weighted by atomic mass is 19.1. The number of carbonyl (C=O) groups is 1. The predicted molar refractivity (Wildman–Crippen MR) is 96.4 cm³/mol. The van der Waals surface area contributed by atoms with Gasteiger partial charge in [0.15, 0.2) is 5.82 Å². The number of carbonyl (C=O) groups excluding carboxylic acids is 1. The Morgan fingerprint density at radius 2 is 2.15 bits per heavy atom. The first-order chi connectivity index (χ1) is 13.0. The molecule has 0 N–H and O–H groups in total. The van der Waals surface area contributed by atoms with Crippen molar-refractivity contribution >= 4 is 5.91 Å². The Morgan fingerprint density at radius 3 is 2.85 bits per heavy atom. The van der Waals surface area contributed by atoms with Gasteiger partial charge in [0.2, 0.25) is 5.91 Å². The van der Waals surface area contributed by atoms with Gasteiger partial charge in [0.25, 0.3) is 0 Å². The molecule has 1 unspecified atom stereocenters. The summed E-state index contributed by atoms with van der Waals surface area (Å²) < 4.78 is 20.8. The van der Waals surface area contributed by atoms with Crippen LogP contribution in [0.1, 0.15) is 17.8 Å². The quantitative estimate of drug-likeness (QED) is 0.708. The van der Waals surface area contributed by atoms with Crippen molar-refractivity contribution in [3.05, 3.63) is 41.5 Å². The monoisotopic (exact) mass is 376 g/mol. The number of hydrogen-bond donors (Lipinski definition) is 0. The number of amides is 1. The predicted octanol–water partition coefficient (Wildman–Crippen LogP) is 0.691. The van der Waals surface area contributed by atoms with Crippen LogP contribution in [0.5, 0.6) is 0 Å². The van der Waals surface area contributed by atoms with E-state index >= 15 is 0 Å². The highest BCUT2D eigenvalue weighted by Gasteiger charge is 2.47. The van der Waals surface area contributed by atoms with Crippen molar-refractivity contribution in [1.82, 2.24) is 30.0 Å². The average Bonchev–Trinajstić information content (AvgIpc) is 3.29. The summed E-state index contributed by atoms with van der Waals surface area (Å²) in [5.41, 5.74) is -0.0722. The number of aromatic nitrogens is 4. The molecule has 0 saturated carbocycles. The summed E-state index contributed by atoms with van der Waals surface area (Å²) in [7, 11) is 5.55. The second kappa shape index (κ2) is 8.10. The van der Waals surface area contributed by atoms with Crippen LogP contribution in [0.2, 0.25) is 0 Å². The molecular formula is C18H25FN6O2. The molecule has 8 nitrogen and oxygen atoms in total. The third kappa shape index (κ3) is 3.84. The molecule has 0 spiro atoms. The van der Waals surface area contributed by atoms with E-state index in [0.29, 0.717) is 44.0 Å². The number of methoxy groups -OCH3 is 1. The summed E-state index contributed by atoms with van der Waals surface area (Å²) in [5, 5.41) is 12.1. The van der Waals surface area contributed by atoms with E-state index in [1.54, 1.807) is 34.9 Å². The number of likely N-dealkylation sites (N-methyl/N-ethyl adjacent to an activating group) is 1. The summed E-state index contributed by atoms with van der Waals surface area (Å²) >= 11 is 0. The first kappa shape index (κ1) is 19.4. The van der Waals surface area contributed by atoms with E-state index in [1.165, 1.54) is 6.07 Å². The minimum absolute atomic E-state index is 0.0464. The second-order valence-electron chi connectivity index (χ2n) is 6.98. The van der Waals surface area contributed by atoms with Crippen LogP contribution in [0.15, 0.2) is 24.3 Å². The van der Waals surface area contributed by atoms with Gasteiger partial charge in [0.1, 0.15) is 11.4 Å². The lowest BCUT2D eigenvalue weighted by atomic mass is 9.96. The average molecular weight is 376 g/mol. The fourth-order valence-corrected chi connectivity index (χ4v) is 3.54. The number of halogens is 1. The van der Waals surface area contributed by atoms with Crippen molar-refractivity contribution in [2.75, 3.05) is 40.9 Å². The van der Waals surface area contributed by atoms with E-state index in [9.17, 15) is 9.18 Å². The molecule has 1 aromatic heterocycles. The number of benzene rings is 1. The molecule has 1 atom stereocenters. The van der Waals surface area contributed by atoms with Gasteiger partial charge in [0, 0.05) is 20.2 Å². The van der Waals surface area contributed by atoms with Gasteiger partial charge in [-0.15, -0.1) is 5.10 Å². The zero-order valence-corrected chi connectivity index (χ0v) is 15.9. The van der Waals surface area contributed by atoms with Crippen molar-refractivity contribution in [2.45, 2.75) is 24.9 Å². The van der Waals surface area contributed by atoms with E-state index in [-0.39, 0.29) is 18.1 Å². The maximum atomic E-state index is 13.9. The molecule has 3 rings (SSSR count). The number of nitrogens with zero attached hydrogens (tertiary/aromatic N) is 6.